The third kappa shape index (κ3) is 5.02. The summed E-state index contributed by atoms with van der Waals surface area (Å²) in [6.45, 7) is 4.36. The van der Waals surface area contributed by atoms with Crippen LogP contribution >= 0.6 is 0 Å². The molecule has 2 aromatic rings. The maximum absolute atomic E-state index is 12.3. The Kier molecular flexibility index (Phi) is 6.35. The van der Waals surface area contributed by atoms with E-state index in [0.29, 0.717) is 23.7 Å². The number of carbonyl (C=O) groups is 2. The average Bonchev–Trinajstić information content (AvgIpc) is 3.18. The summed E-state index contributed by atoms with van der Waals surface area (Å²) in [6.07, 6.45) is 3.22. The van der Waals surface area contributed by atoms with Gasteiger partial charge in [0.1, 0.15) is 12.4 Å². The number of hydrogen-bond donors (Lipinski definition) is 1. The van der Waals surface area contributed by atoms with Gasteiger partial charge in [-0.05, 0) is 54.8 Å². The van der Waals surface area contributed by atoms with Gasteiger partial charge in [0.15, 0.2) is 5.82 Å². The van der Waals surface area contributed by atoms with Crippen molar-refractivity contribution in [2.24, 2.45) is 0 Å². The second kappa shape index (κ2) is 9.11. The molecule has 0 aliphatic carbocycles. The summed E-state index contributed by atoms with van der Waals surface area (Å²) in [5.74, 6) is 0.807. The van der Waals surface area contributed by atoms with Crippen molar-refractivity contribution >= 4 is 11.8 Å². The Balaban J connectivity index is 1.53. The molecule has 1 aromatic heterocycles. The molecule has 144 valence electrons. The van der Waals surface area contributed by atoms with E-state index in [1.807, 2.05) is 6.92 Å². The number of hydrogen-bond acceptors (Lipinski definition) is 6. The van der Waals surface area contributed by atoms with Crippen molar-refractivity contribution < 1.29 is 14.3 Å². The first-order valence-electron chi connectivity index (χ1n) is 9.21. The lowest BCUT2D eigenvalue weighted by atomic mass is 10.1. The number of tetrazole rings is 1. The van der Waals surface area contributed by atoms with Crippen LogP contribution in [-0.2, 0) is 17.9 Å². The molecule has 27 heavy (non-hydrogen) atoms. The van der Waals surface area contributed by atoms with Gasteiger partial charge in [0.05, 0.1) is 6.54 Å². The van der Waals surface area contributed by atoms with E-state index in [2.05, 4.69) is 20.8 Å². The van der Waals surface area contributed by atoms with Crippen LogP contribution in [0.4, 0.5) is 0 Å². The highest BCUT2D eigenvalue weighted by Gasteiger charge is 2.17. The molecule has 1 saturated heterocycles. The van der Waals surface area contributed by atoms with Crippen molar-refractivity contribution in [3.8, 4) is 5.75 Å². The number of aromatic nitrogens is 4. The zero-order chi connectivity index (χ0) is 19.1. The van der Waals surface area contributed by atoms with Crippen molar-refractivity contribution in [2.45, 2.75) is 39.3 Å². The van der Waals surface area contributed by atoms with Crippen LogP contribution in [0.3, 0.4) is 0 Å². The molecule has 0 atom stereocenters. The summed E-state index contributed by atoms with van der Waals surface area (Å²) in [6, 6.07) is 6.82. The van der Waals surface area contributed by atoms with Gasteiger partial charge in [-0.1, -0.05) is 6.07 Å². The lowest BCUT2D eigenvalue weighted by molar-refractivity contribution is -0.130. The summed E-state index contributed by atoms with van der Waals surface area (Å²) >= 11 is 0. The normalized spacial score (nSPS) is 14.0. The SMILES string of the molecule is CCn1nnnc1COc1cccc(C(=O)NCC(=O)N2CCCCC2)c1. The molecule has 0 bridgehead atoms. The summed E-state index contributed by atoms with van der Waals surface area (Å²) < 4.78 is 7.33. The molecule has 9 heteroatoms. The molecular weight excluding hydrogens is 348 g/mol. The lowest BCUT2D eigenvalue weighted by Gasteiger charge is -2.26. The van der Waals surface area contributed by atoms with Crippen LogP contribution in [-0.4, -0.2) is 56.6 Å². The van der Waals surface area contributed by atoms with Crippen LogP contribution < -0.4 is 10.1 Å². The Labute approximate surface area is 157 Å². The fourth-order valence-corrected chi connectivity index (χ4v) is 2.96. The van der Waals surface area contributed by atoms with Crippen molar-refractivity contribution in [3.63, 3.8) is 0 Å². The fourth-order valence-electron chi connectivity index (χ4n) is 2.96. The Hall–Kier alpha value is -2.97. The van der Waals surface area contributed by atoms with Gasteiger partial charge >= 0.3 is 0 Å². The second-order valence-electron chi connectivity index (χ2n) is 6.35. The fraction of sp³-hybridized carbons (Fsp3) is 0.500. The first-order chi connectivity index (χ1) is 13.2. The summed E-state index contributed by atoms with van der Waals surface area (Å²) in [4.78, 5) is 26.3. The monoisotopic (exact) mass is 372 g/mol. The van der Waals surface area contributed by atoms with Gasteiger partial charge in [0.2, 0.25) is 5.91 Å². The third-order valence-corrected chi connectivity index (χ3v) is 4.48. The molecule has 0 spiro atoms. The van der Waals surface area contributed by atoms with E-state index in [4.69, 9.17) is 4.74 Å². The van der Waals surface area contributed by atoms with Gasteiger partial charge < -0.3 is 15.0 Å². The highest BCUT2D eigenvalue weighted by molar-refractivity contribution is 5.96. The minimum atomic E-state index is -0.302. The molecule has 1 aliphatic heterocycles. The van der Waals surface area contributed by atoms with E-state index < -0.39 is 0 Å². The van der Waals surface area contributed by atoms with E-state index in [1.54, 1.807) is 33.8 Å². The summed E-state index contributed by atoms with van der Waals surface area (Å²) in [7, 11) is 0. The van der Waals surface area contributed by atoms with Crippen LogP contribution in [0.25, 0.3) is 0 Å². The topological polar surface area (TPSA) is 102 Å². The number of aryl methyl sites for hydroxylation is 1. The van der Waals surface area contributed by atoms with Crippen LogP contribution in [0, 0.1) is 0 Å². The van der Waals surface area contributed by atoms with E-state index in [-0.39, 0.29) is 25.0 Å². The first kappa shape index (κ1) is 18.8. The van der Waals surface area contributed by atoms with Crippen LogP contribution in [0.5, 0.6) is 5.75 Å². The van der Waals surface area contributed by atoms with Gasteiger partial charge in [-0.15, -0.1) is 5.10 Å². The van der Waals surface area contributed by atoms with Gasteiger partial charge in [0.25, 0.3) is 5.91 Å². The largest absolute Gasteiger partial charge is 0.486 e. The highest BCUT2D eigenvalue weighted by Crippen LogP contribution is 2.15. The Morgan fingerprint density at radius 3 is 2.81 bits per heavy atom. The molecule has 1 fully saturated rings. The van der Waals surface area contributed by atoms with E-state index in [1.165, 1.54) is 0 Å². The molecule has 9 nitrogen and oxygen atoms in total. The van der Waals surface area contributed by atoms with Gasteiger partial charge in [0, 0.05) is 25.2 Å². The Morgan fingerprint density at radius 2 is 2.04 bits per heavy atom. The quantitative estimate of drug-likeness (QED) is 0.778. The molecule has 1 aliphatic rings. The minimum absolute atomic E-state index is 0.00912. The smallest absolute Gasteiger partial charge is 0.251 e. The molecule has 1 N–H and O–H groups in total. The molecule has 0 saturated carbocycles. The van der Waals surface area contributed by atoms with E-state index >= 15 is 0 Å². The molecule has 0 radical (unpaired) electrons. The van der Waals surface area contributed by atoms with E-state index in [0.717, 1.165) is 32.4 Å². The predicted octanol–water partition coefficient (Wildman–Crippen LogP) is 1.01. The number of benzene rings is 1. The van der Waals surface area contributed by atoms with Gasteiger partial charge in [-0.3, -0.25) is 9.59 Å². The van der Waals surface area contributed by atoms with Crippen LogP contribution in [0.15, 0.2) is 24.3 Å². The Bertz CT molecular complexity index is 785. The maximum Gasteiger partial charge on any atom is 0.251 e. The number of amides is 2. The summed E-state index contributed by atoms with van der Waals surface area (Å²) in [5, 5.41) is 14.1. The highest BCUT2D eigenvalue weighted by atomic mass is 16.5. The zero-order valence-electron chi connectivity index (χ0n) is 15.4. The van der Waals surface area contributed by atoms with Crippen molar-refractivity contribution in [1.82, 2.24) is 30.4 Å². The number of nitrogens with one attached hydrogen (secondary N) is 1. The maximum atomic E-state index is 12.3. The van der Waals surface area contributed by atoms with Gasteiger partial charge in [-0.2, -0.15) is 0 Å². The molecule has 2 amide bonds. The number of likely N-dealkylation sites (tertiary alicyclic amines) is 1. The number of ether oxygens (including phenoxy) is 1. The van der Waals surface area contributed by atoms with Crippen molar-refractivity contribution in [3.05, 3.63) is 35.7 Å². The predicted molar refractivity (Wildman–Crippen MR) is 97.0 cm³/mol. The van der Waals surface area contributed by atoms with Crippen molar-refractivity contribution in [2.75, 3.05) is 19.6 Å². The molecule has 1 aromatic carbocycles. The number of carbonyl (C=O) groups excluding carboxylic acids is 2. The minimum Gasteiger partial charge on any atom is -0.486 e. The summed E-state index contributed by atoms with van der Waals surface area (Å²) in [5.41, 5.74) is 0.439. The third-order valence-electron chi connectivity index (χ3n) is 4.48. The number of piperidine rings is 1. The van der Waals surface area contributed by atoms with Crippen LogP contribution in [0.1, 0.15) is 42.4 Å². The average molecular weight is 372 g/mol. The number of nitrogens with zero attached hydrogens (tertiary/aromatic N) is 5. The van der Waals surface area contributed by atoms with Gasteiger partial charge in [-0.25, -0.2) is 4.68 Å². The van der Waals surface area contributed by atoms with E-state index in [9.17, 15) is 9.59 Å². The molecule has 2 heterocycles. The Morgan fingerprint density at radius 1 is 1.22 bits per heavy atom. The zero-order valence-corrected chi connectivity index (χ0v) is 15.4. The van der Waals surface area contributed by atoms with Crippen molar-refractivity contribution in [1.29, 1.82) is 0 Å². The van der Waals surface area contributed by atoms with Crippen LogP contribution in [0.2, 0.25) is 0 Å². The second-order valence-corrected chi connectivity index (χ2v) is 6.35. The molecular formula is C18H24N6O3. The first-order valence-corrected chi connectivity index (χ1v) is 9.21. The molecule has 3 rings (SSSR count). The standard InChI is InChI=1S/C18H24N6O3/c1-2-24-16(20-21-22-24)13-27-15-8-6-7-14(11-15)18(26)19-12-17(25)23-9-4-3-5-10-23/h6-8,11H,2-5,9-10,12-13H2,1H3,(H,19,26). The molecule has 0 unspecified atom stereocenters. The lowest BCUT2D eigenvalue weighted by Crippen LogP contribution is -2.42. The number of rotatable bonds is 7.